The number of hydrogen-bond acceptors (Lipinski definition) is 4. The summed E-state index contributed by atoms with van der Waals surface area (Å²) in [4.78, 5) is 23.3. The van der Waals surface area contributed by atoms with Crippen LogP contribution in [0.3, 0.4) is 0 Å². The monoisotopic (exact) mass is 335 g/mol. The molecule has 0 fully saturated rings. The summed E-state index contributed by atoms with van der Waals surface area (Å²) in [7, 11) is 0. The largest absolute Gasteiger partial charge is 0.481 e. The van der Waals surface area contributed by atoms with Gasteiger partial charge in [-0.15, -0.1) is 0 Å². The van der Waals surface area contributed by atoms with E-state index in [2.05, 4.69) is 0 Å². The second-order valence-electron chi connectivity index (χ2n) is 6.04. The minimum Gasteiger partial charge on any atom is -0.481 e. The summed E-state index contributed by atoms with van der Waals surface area (Å²) < 4.78 is 5.14. The Morgan fingerprint density at radius 1 is 0.958 bits per heavy atom. The summed E-state index contributed by atoms with van der Waals surface area (Å²) in [5.41, 5.74) is 6.30. The molecule has 24 heavy (non-hydrogen) atoms. The van der Waals surface area contributed by atoms with E-state index >= 15 is 0 Å². The van der Waals surface area contributed by atoms with E-state index < -0.39 is 17.9 Å². The van der Waals surface area contributed by atoms with Crippen LogP contribution in [0.5, 0.6) is 0 Å². The van der Waals surface area contributed by atoms with E-state index in [0.717, 1.165) is 50.6 Å². The van der Waals surface area contributed by atoms with E-state index in [1.165, 1.54) is 6.42 Å². The minimum absolute atomic E-state index is 0.116. The predicted octanol–water partition coefficient (Wildman–Crippen LogP) is 3.51. The first-order valence-electron chi connectivity index (χ1n) is 8.78. The Bertz CT molecular complexity index is 476. The van der Waals surface area contributed by atoms with Gasteiger partial charge in [0, 0.05) is 0 Å². The Labute approximate surface area is 144 Å². The molecule has 1 unspecified atom stereocenters. The molecule has 3 N–H and O–H groups in total. The van der Waals surface area contributed by atoms with Gasteiger partial charge < -0.3 is 15.6 Å². The van der Waals surface area contributed by atoms with Crippen molar-refractivity contribution in [3.8, 4) is 0 Å². The molecule has 1 aromatic carbocycles. The van der Waals surface area contributed by atoms with E-state index in [1.54, 1.807) is 0 Å². The summed E-state index contributed by atoms with van der Waals surface area (Å²) in [6, 6.07) is 9.26. The Hall–Kier alpha value is -1.88. The van der Waals surface area contributed by atoms with Gasteiger partial charge in [0.2, 0.25) is 0 Å². The summed E-state index contributed by atoms with van der Waals surface area (Å²) in [5.74, 6) is -2.81. The number of aliphatic carboxylic acids is 1. The number of carboxylic acids is 1. The second kappa shape index (κ2) is 12.5. The van der Waals surface area contributed by atoms with Gasteiger partial charge in [-0.25, -0.2) is 0 Å². The standard InChI is InChI=1S/C19H29NO4/c20-14-10-5-3-1-2-4-9-13-17(18(21)22)19(23)24-15-16-11-7-6-8-12-16/h6-8,11-12,17H,1-5,9-10,13-15,20H2,(H,21,22). The first kappa shape index (κ1) is 20.2. The highest BCUT2D eigenvalue weighted by atomic mass is 16.5. The zero-order chi connectivity index (χ0) is 17.6. The van der Waals surface area contributed by atoms with Gasteiger partial charge in [-0.2, -0.15) is 0 Å². The Morgan fingerprint density at radius 3 is 2.12 bits per heavy atom. The van der Waals surface area contributed by atoms with Crippen molar-refractivity contribution in [1.29, 1.82) is 0 Å². The summed E-state index contributed by atoms with van der Waals surface area (Å²) in [6.07, 6.45) is 7.59. The van der Waals surface area contributed by atoms with E-state index in [4.69, 9.17) is 10.5 Å². The van der Waals surface area contributed by atoms with Crippen LogP contribution >= 0.6 is 0 Å². The van der Waals surface area contributed by atoms with Crippen molar-refractivity contribution in [3.63, 3.8) is 0 Å². The van der Waals surface area contributed by atoms with Crippen LogP contribution in [-0.4, -0.2) is 23.6 Å². The molecule has 0 saturated carbocycles. The first-order chi connectivity index (χ1) is 11.6. The average molecular weight is 335 g/mol. The van der Waals surface area contributed by atoms with Crippen LogP contribution in [0.2, 0.25) is 0 Å². The molecule has 0 aliphatic heterocycles. The fourth-order valence-corrected chi connectivity index (χ4v) is 2.55. The molecule has 0 bridgehead atoms. The van der Waals surface area contributed by atoms with Gasteiger partial charge in [0.05, 0.1) is 0 Å². The molecular formula is C19H29NO4. The normalized spacial score (nSPS) is 11.9. The fourth-order valence-electron chi connectivity index (χ4n) is 2.55. The summed E-state index contributed by atoms with van der Waals surface area (Å²) in [6.45, 7) is 0.857. The van der Waals surface area contributed by atoms with Crippen LogP contribution in [0.1, 0.15) is 56.9 Å². The van der Waals surface area contributed by atoms with Gasteiger partial charge in [-0.3, -0.25) is 9.59 Å². The molecule has 134 valence electrons. The molecule has 0 aromatic heterocycles. The molecule has 1 rings (SSSR count). The lowest BCUT2D eigenvalue weighted by Crippen LogP contribution is -2.25. The Balaban J connectivity index is 2.23. The van der Waals surface area contributed by atoms with Crippen LogP contribution in [0, 0.1) is 5.92 Å². The molecule has 0 amide bonds. The number of hydrogen-bond donors (Lipinski definition) is 2. The number of ether oxygens (including phenoxy) is 1. The van der Waals surface area contributed by atoms with Gasteiger partial charge in [0.25, 0.3) is 0 Å². The minimum atomic E-state index is -1.10. The summed E-state index contributed by atoms with van der Waals surface area (Å²) in [5, 5.41) is 9.23. The smallest absolute Gasteiger partial charge is 0.320 e. The van der Waals surface area contributed by atoms with Crippen molar-refractivity contribution in [2.24, 2.45) is 11.7 Å². The zero-order valence-electron chi connectivity index (χ0n) is 14.3. The predicted molar refractivity (Wildman–Crippen MR) is 93.4 cm³/mol. The third kappa shape index (κ3) is 8.67. The SMILES string of the molecule is NCCCCCCCCCC(C(=O)O)C(=O)OCc1ccccc1. The molecule has 1 aromatic rings. The van der Waals surface area contributed by atoms with Crippen molar-refractivity contribution in [1.82, 2.24) is 0 Å². The number of carboxylic acid groups (broad SMARTS) is 1. The highest BCUT2D eigenvalue weighted by Crippen LogP contribution is 2.15. The zero-order valence-corrected chi connectivity index (χ0v) is 14.3. The first-order valence-corrected chi connectivity index (χ1v) is 8.78. The van der Waals surface area contributed by atoms with Crippen molar-refractivity contribution in [2.75, 3.05) is 6.54 Å². The Morgan fingerprint density at radius 2 is 1.54 bits per heavy atom. The van der Waals surface area contributed by atoms with Crippen LogP contribution in [0.4, 0.5) is 0 Å². The lowest BCUT2D eigenvalue weighted by molar-refractivity contribution is -0.160. The molecule has 0 aliphatic carbocycles. The molecule has 5 heteroatoms. The highest BCUT2D eigenvalue weighted by Gasteiger charge is 2.27. The van der Waals surface area contributed by atoms with Gasteiger partial charge in [-0.05, 0) is 24.9 Å². The number of unbranched alkanes of at least 4 members (excludes halogenated alkanes) is 6. The number of esters is 1. The number of carbonyl (C=O) groups is 2. The van der Waals surface area contributed by atoms with E-state index in [-0.39, 0.29) is 6.61 Å². The van der Waals surface area contributed by atoms with E-state index in [1.807, 2.05) is 30.3 Å². The third-order valence-corrected chi connectivity index (χ3v) is 4.00. The second-order valence-corrected chi connectivity index (χ2v) is 6.04. The maximum Gasteiger partial charge on any atom is 0.320 e. The molecule has 0 saturated heterocycles. The van der Waals surface area contributed by atoms with Crippen molar-refractivity contribution in [3.05, 3.63) is 35.9 Å². The fraction of sp³-hybridized carbons (Fsp3) is 0.579. The van der Waals surface area contributed by atoms with E-state index in [0.29, 0.717) is 6.42 Å². The maximum atomic E-state index is 12.0. The van der Waals surface area contributed by atoms with Crippen molar-refractivity contribution in [2.45, 2.75) is 58.0 Å². The van der Waals surface area contributed by atoms with Crippen LogP contribution in [0.15, 0.2) is 30.3 Å². The molecule has 0 aliphatic rings. The van der Waals surface area contributed by atoms with Crippen LogP contribution < -0.4 is 5.73 Å². The lowest BCUT2D eigenvalue weighted by Gasteiger charge is -2.12. The Kier molecular flexibility index (Phi) is 10.5. The van der Waals surface area contributed by atoms with Gasteiger partial charge in [0.1, 0.15) is 6.61 Å². The summed E-state index contributed by atoms with van der Waals surface area (Å²) >= 11 is 0. The maximum absolute atomic E-state index is 12.0. The third-order valence-electron chi connectivity index (χ3n) is 4.00. The lowest BCUT2D eigenvalue weighted by atomic mass is 10.00. The number of benzene rings is 1. The molecule has 5 nitrogen and oxygen atoms in total. The van der Waals surface area contributed by atoms with Gasteiger partial charge in [-0.1, -0.05) is 68.9 Å². The number of rotatable bonds is 13. The molecule has 1 atom stereocenters. The average Bonchev–Trinajstić information content (AvgIpc) is 2.59. The van der Waals surface area contributed by atoms with Crippen LogP contribution in [-0.2, 0) is 20.9 Å². The topological polar surface area (TPSA) is 89.6 Å². The number of nitrogens with two attached hydrogens (primary N) is 1. The molecule has 0 radical (unpaired) electrons. The quantitative estimate of drug-likeness (QED) is 0.327. The van der Waals surface area contributed by atoms with Crippen LogP contribution in [0.25, 0.3) is 0 Å². The van der Waals surface area contributed by atoms with Gasteiger partial charge >= 0.3 is 11.9 Å². The highest BCUT2D eigenvalue weighted by molar-refractivity contribution is 5.93. The number of carbonyl (C=O) groups excluding carboxylic acids is 1. The molecule has 0 heterocycles. The molecular weight excluding hydrogens is 306 g/mol. The van der Waals surface area contributed by atoms with E-state index in [9.17, 15) is 14.7 Å². The van der Waals surface area contributed by atoms with Gasteiger partial charge in [0.15, 0.2) is 5.92 Å². The van der Waals surface area contributed by atoms with Crippen molar-refractivity contribution < 1.29 is 19.4 Å². The van der Waals surface area contributed by atoms with Crippen molar-refractivity contribution >= 4 is 11.9 Å². The molecule has 0 spiro atoms.